The summed E-state index contributed by atoms with van der Waals surface area (Å²) >= 11 is 0. The summed E-state index contributed by atoms with van der Waals surface area (Å²) in [6.07, 6.45) is -4.52. The minimum absolute atomic E-state index is 0.0231. The van der Waals surface area contributed by atoms with Crippen molar-refractivity contribution in [3.63, 3.8) is 0 Å². The van der Waals surface area contributed by atoms with E-state index in [9.17, 15) is 18.0 Å². The molecule has 1 N–H and O–H groups in total. The third-order valence-corrected chi connectivity index (χ3v) is 3.50. The van der Waals surface area contributed by atoms with Crippen LogP contribution in [0.5, 0.6) is 5.75 Å². The van der Waals surface area contributed by atoms with E-state index in [1.165, 1.54) is 23.9 Å². The first-order valence-corrected chi connectivity index (χ1v) is 7.22. The molecule has 24 heavy (non-hydrogen) atoms. The number of carbonyl (C=O) groups is 1. The van der Waals surface area contributed by atoms with E-state index in [4.69, 9.17) is 4.74 Å². The quantitative estimate of drug-likeness (QED) is 0.910. The molecule has 0 saturated carbocycles. The molecule has 0 radical (unpaired) electrons. The molecule has 130 valence electrons. The molecule has 1 heterocycles. The molecule has 0 saturated heterocycles. The highest BCUT2D eigenvalue weighted by molar-refractivity contribution is 5.75. The van der Waals surface area contributed by atoms with Crippen LogP contribution in [0.1, 0.15) is 22.5 Å². The number of benzene rings is 1. The van der Waals surface area contributed by atoms with Crippen LogP contribution in [0.3, 0.4) is 0 Å². The van der Waals surface area contributed by atoms with Crippen molar-refractivity contribution < 1.29 is 22.7 Å². The minimum atomic E-state index is -4.52. The summed E-state index contributed by atoms with van der Waals surface area (Å²) in [4.78, 5) is 12.0. The first-order chi connectivity index (χ1) is 11.2. The number of aryl methyl sites for hydroxylation is 2. The summed E-state index contributed by atoms with van der Waals surface area (Å²) in [6.45, 7) is 3.33. The van der Waals surface area contributed by atoms with E-state index in [1.54, 1.807) is 13.8 Å². The zero-order valence-corrected chi connectivity index (χ0v) is 13.6. The predicted octanol–water partition coefficient (Wildman–Crippen LogP) is 2.84. The molecule has 0 unspecified atom stereocenters. The van der Waals surface area contributed by atoms with Gasteiger partial charge < -0.3 is 10.1 Å². The lowest BCUT2D eigenvalue weighted by Gasteiger charge is -2.15. The number of alkyl halides is 3. The maximum atomic E-state index is 13.1. The molecule has 0 aliphatic heterocycles. The lowest BCUT2D eigenvalue weighted by atomic mass is 10.1. The van der Waals surface area contributed by atoms with Crippen LogP contribution in [0.15, 0.2) is 24.3 Å². The molecule has 2 aromatic rings. The largest absolute Gasteiger partial charge is 0.497 e. The second kappa shape index (κ2) is 6.94. The standard InChI is InChI=1S/C16H18F3N3O2/c1-10-6-11(2)22(21-10)9-15(23)20-8-12-4-5-13(24-3)7-14(12)16(17,18)19/h4-7H,8-9H2,1-3H3,(H,20,23). The van der Waals surface area contributed by atoms with Gasteiger partial charge in [-0.05, 0) is 37.6 Å². The highest BCUT2D eigenvalue weighted by atomic mass is 19.4. The van der Waals surface area contributed by atoms with Gasteiger partial charge in [0.15, 0.2) is 0 Å². The fourth-order valence-electron chi connectivity index (χ4n) is 2.32. The fourth-order valence-corrected chi connectivity index (χ4v) is 2.32. The molecule has 5 nitrogen and oxygen atoms in total. The topological polar surface area (TPSA) is 56.1 Å². The van der Waals surface area contributed by atoms with E-state index in [2.05, 4.69) is 10.4 Å². The van der Waals surface area contributed by atoms with Crippen molar-refractivity contribution in [2.24, 2.45) is 0 Å². The van der Waals surface area contributed by atoms with Gasteiger partial charge in [0.05, 0.1) is 18.4 Å². The van der Waals surface area contributed by atoms with Crippen LogP contribution in [0.2, 0.25) is 0 Å². The Balaban J connectivity index is 2.08. The Hall–Kier alpha value is -2.51. The Morgan fingerprint density at radius 3 is 2.54 bits per heavy atom. The number of amides is 1. The maximum absolute atomic E-state index is 13.1. The van der Waals surface area contributed by atoms with E-state index in [1.807, 2.05) is 6.07 Å². The van der Waals surface area contributed by atoms with Crippen molar-refractivity contribution in [3.8, 4) is 5.75 Å². The molecule has 1 amide bonds. The number of aromatic nitrogens is 2. The lowest BCUT2D eigenvalue weighted by molar-refractivity contribution is -0.138. The zero-order chi connectivity index (χ0) is 17.9. The third kappa shape index (κ3) is 4.27. The summed E-state index contributed by atoms with van der Waals surface area (Å²) in [5, 5.41) is 6.64. The molecular formula is C16H18F3N3O2. The van der Waals surface area contributed by atoms with E-state index in [-0.39, 0.29) is 24.4 Å². The van der Waals surface area contributed by atoms with Crippen molar-refractivity contribution in [3.05, 3.63) is 46.8 Å². The van der Waals surface area contributed by atoms with Gasteiger partial charge >= 0.3 is 6.18 Å². The Morgan fingerprint density at radius 2 is 2.00 bits per heavy atom. The number of nitrogens with one attached hydrogen (secondary N) is 1. The van der Waals surface area contributed by atoms with Crippen molar-refractivity contribution >= 4 is 5.91 Å². The van der Waals surface area contributed by atoms with Gasteiger partial charge in [-0.2, -0.15) is 18.3 Å². The highest BCUT2D eigenvalue weighted by Gasteiger charge is 2.33. The molecule has 0 aliphatic carbocycles. The summed E-state index contributed by atoms with van der Waals surface area (Å²) in [7, 11) is 1.30. The lowest BCUT2D eigenvalue weighted by Crippen LogP contribution is -2.29. The first-order valence-electron chi connectivity index (χ1n) is 7.22. The molecule has 1 aromatic carbocycles. The number of hydrogen-bond acceptors (Lipinski definition) is 3. The molecule has 0 fully saturated rings. The molecule has 0 spiro atoms. The number of ether oxygens (including phenoxy) is 1. The number of hydrogen-bond donors (Lipinski definition) is 1. The monoisotopic (exact) mass is 341 g/mol. The molecule has 2 rings (SSSR count). The summed E-state index contributed by atoms with van der Waals surface area (Å²) in [5.41, 5.74) is 0.733. The highest BCUT2D eigenvalue weighted by Crippen LogP contribution is 2.34. The van der Waals surface area contributed by atoms with Gasteiger partial charge in [-0.1, -0.05) is 6.07 Å². The average molecular weight is 341 g/mol. The molecule has 0 bridgehead atoms. The molecule has 1 aromatic heterocycles. The number of methoxy groups -OCH3 is 1. The molecule has 0 atom stereocenters. The van der Waals surface area contributed by atoms with E-state index >= 15 is 0 Å². The Kier molecular flexibility index (Phi) is 5.16. The molecule has 8 heteroatoms. The SMILES string of the molecule is COc1ccc(CNC(=O)Cn2nc(C)cc2C)c(C(F)(F)F)c1. The van der Waals surface area contributed by atoms with Crippen LogP contribution in [-0.2, 0) is 24.1 Å². The summed E-state index contributed by atoms with van der Waals surface area (Å²) in [6, 6.07) is 5.46. The number of halogens is 3. The number of nitrogens with zero attached hydrogens (tertiary/aromatic N) is 2. The molecular weight excluding hydrogens is 323 g/mol. The second-order valence-corrected chi connectivity index (χ2v) is 5.38. The zero-order valence-electron chi connectivity index (χ0n) is 13.6. The summed E-state index contributed by atoms with van der Waals surface area (Å²) < 4.78 is 45.7. The van der Waals surface area contributed by atoms with E-state index < -0.39 is 17.6 Å². The second-order valence-electron chi connectivity index (χ2n) is 5.38. The van der Waals surface area contributed by atoms with Crippen LogP contribution in [0, 0.1) is 13.8 Å². The van der Waals surface area contributed by atoms with Crippen molar-refractivity contribution in [2.75, 3.05) is 7.11 Å². The van der Waals surface area contributed by atoms with E-state index in [0.717, 1.165) is 17.5 Å². The van der Waals surface area contributed by atoms with Gasteiger partial charge in [-0.3, -0.25) is 9.48 Å². The van der Waals surface area contributed by atoms with Gasteiger partial charge in [0.1, 0.15) is 12.3 Å². The van der Waals surface area contributed by atoms with Crippen LogP contribution in [0.4, 0.5) is 13.2 Å². The number of rotatable bonds is 5. The van der Waals surface area contributed by atoms with Gasteiger partial charge in [-0.25, -0.2) is 0 Å². The van der Waals surface area contributed by atoms with Crippen molar-refractivity contribution in [1.82, 2.24) is 15.1 Å². The Labute approximate surface area is 137 Å². The van der Waals surface area contributed by atoms with Gasteiger partial charge in [-0.15, -0.1) is 0 Å². The minimum Gasteiger partial charge on any atom is -0.497 e. The normalized spacial score (nSPS) is 11.4. The van der Waals surface area contributed by atoms with Crippen molar-refractivity contribution in [1.29, 1.82) is 0 Å². The van der Waals surface area contributed by atoms with Crippen LogP contribution < -0.4 is 10.1 Å². The fraction of sp³-hybridized carbons (Fsp3) is 0.375. The first kappa shape index (κ1) is 17.8. The van der Waals surface area contributed by atoms with Gasteiger partial charge in [0.25, 0.3) is 0 Å². The molecule has 0 aliphatic rings. The number of carbonyl (C=O) groups excluding carboxylic acids is 1. The van der Waals surface area contributed by atoms with Gasteiger partial charge in [0, 0.05) is 12.2 Å². The van der Waals surface area contributed by atoms with Gasteiger partial charge in [0.2, 0.25) is 5.91 Å². The Morgan fingerprint density at radius 1 is 1.29 bits per heavy atom. The predicted molar refractivity (Wildman–Crippen MR) is 81.5 cm³/mol. The maximum Gasteiger partial charge on any atom is 0.416 e. The Bertz CT molecular complexity index is 739. The smallest absolute Gasteiger partial charge is 0.416 e. The van der Waals surface area contributed by atoms with Crippen LogP contribution >= 0.6 is 0 Å². The third-order valence-electron chi connectivity index (χ3n) is 3.50. The average Bonchev–Trinajstić information content (AvgIpc) is 2.81. The van der Waals surface area contributed by atoms with E-state index in [0.29, 0.717) is 0 Å². The van der Waals surface area contributed by atoms with Crippen LogP contribution in [0.25, 0.3) is 0 Å². The summed E-state index contributed by atoms with van der Waals surface area (Å²) in [5.74, 6) is -0.301. The van der Waals surface area contributed by atoms with Crippen LogP contribution in [-0.4, -0.2) is 22.8 Å². The van der Waals surface area contributed by atoms with Crippen molar-refractivity contribution in [2.45, 2.75) is 33.1 Å².